The van der Waals surface area contributed by atoms with Crippen LogP contribution in [0.2, 0.25) is 0 Å². The summed E-state index contributed by atoms with van der Waals surface area (Å²) in [6.45, 7) is 9.24. The Morgan fingerprint density at radius 3 is 2.81 bits per heavy atom. The zero-order valence-corrected chi connectivity index (χ0v) is 18.1. The molecular formula is C19H30N4OS2. The fourth-order valence-electron chi connectivity index (χ4n) is 3.20. The molecule has 0 saturated carbocycles. The summed E-state index contributed by atoms with van der Waals surface area (Å²) in [5.74, 6) is 1.98. The topological polar surface area (TPSA) is 50.3 Å². The zero-order valence-electron chi connectivity index (χ0n) is 16.5. The highest BCUT2D eigenvalue weighted by molar-refractivity contribution is 7.99. The molecule has 0 amide bonds. The van der Waals surface area contributed by atoms with E-state index in [9.17, 15) is 0 Å². The molecular weight excluding hydrogens is 364 g/mol. The number of thiophene rings is 1. The summed E-state index contributed by atoms with van der Waals surface area (Å²) in [5.41, 5.74) is 1.31. The van der Waals surface area contributed by atoms with Crippen LogP contribution in [-0.2, 0) is 17.8 Å². The van der Waals surface area contributed by atoms with Gasteiger partial charge in [0, 0.05) is 17.8 Å². The van der Waals surface area contributed by atoms with Crippen molar-refractivity contribution < 1.29 is 4.74 Å². The van der Waals surface area contributed by atoms with E-state index < -0.39 is 0 Å². The molecule has 0 fully saturated rings. The lowest BCUT2D eigenvalue weighted by molar-refractivity contribution is -0.0542. The number of rotatable bonds is 8. The second-order valence-corrected chi connectivity index (χ2v) is 9.64. The number of nitrogens with zero attached hydrogens (tertiary/aromatic N) is 3. The van der Waals surface area contributed by atoms with Gasteiger partial charge in [-0.2, -0.15) is 0 Å². The molecule has 26 heavy (non-hydrogen) atoms. The van der Waals surface area contributed by atoms with E-state index in [-0.39, 0.29) is 5.60 Å². The Hall–Kier alpha value is -0.890. The van der Waals surface area contributed by atoms with Crippen LogP contribution in [0.25, 0.3) is 10.2 Å². The van der Waals surface area contributed by atoms with E-state index in [1.165, 1.54) is 15.8 Å². The Kier molecular flexibility index (Phi) is 6.43. The van der Waals surface area contributed by atoms with E-state index >= 15 is 0 Å². The van der Waals surface area contributed by atoms with Gasteiger partial charge in [0.05, 0.1) is 17.6 Å². The number of thioether (sulfide) groups is 1. The average Bonchev–Trinajstić information content (AvgIpc) is 2.96. The second kappa shape index (κ2) is 8.42. The highest BCUT2D eigenvalue weighted by Crippen LogP contribution is 2.42. The van der Waals surface area contributed by atoms with Crippen LogP contribution < -0.4 is 5.32 Å². The van der Waals surface area contributed by atoms with Gasteiger partial charge in [-0.25, -0.2) is 9.97 Å². The van der Waals surface area contributed by atoms with Gasteiger partial charge in [-0.3, -0.25) is 0 Å². The number of hydrogen-bond acceptors (Lipinski definition) is 7. The molecule has 1 aliphatic rings. The van der Waals surface area contributed by atoms with Gasteiger partial charge in [-0.05, 0) is 51.7 Å². The first-order chi connectivity index (χ1) is 12.5. The Balaban J connectivity index is 1.95. The normalized spacial score (nSPS) is 19.9. The van der Waals surface area contributed by atoms with Crippen LogP contribution in [0.4, 0.5) is 5.82 Å². The molecule has 0 saturated heterocycles. The number of hydrogen-bond donors (Lipinski definition) is 1. The van der Waals surface area contributed by atoms with E-state index in [0.717, 1.165) is 53.9 Å². The first kappa shape index (κ1) is 19.9. The van der Waals surface area contributed by atoms with Gasteiger partial charge in [-0.15, -0.1) is 11.3 Å². The molecule has 5 nitrogen and oxygen atoms in total. The molecule has 2 aromatic heterocycles. The van der Waals surface area contributed by atoms with Gasteiger partial charge in [0.1, 0.15) is 10.6 Å². The number of anilines is 1. The summed E-state index contributed by atoms with van der Waals surface area (Å²) in [4.78, 5) is 14.3. The molecule has 0 spiro atoms. The quantitative estimate of drug-likeness (QED) is 0.407. The van der Waals surface area contributed by atoms with Crippen LogP contribution in [0.3, 0.4) is 0 Å². The van der Waals surface area contributed by atoms with Crippen molar-refractivity contribution in [1.82, 2.24) is 14.9 Å². The summed E-state index contributed by atoms with van der Waals surface area (Å²) < 4.78 is 6.14. The van der Waals surface area contributed by atoms with Gasteiger partial charge in [-0.1, -0.05) is 25.6 Å². The molecule has 0 unspecified atom stereocenters. The van der Waals surface area contributed by atoms with Crippen LogP contribution in [0, 0.1) is 0 Å². The predicted octanol–water partition coefficient (Wildman–Crippen LogP) is 4.41. The van der Waals surface area contributed by atoms with Crippen molar-refractivity contribution in [3.63, 3.8) is 0 Å². The lowest BCUT2D eigenvalue weighted by Crippen LogP contribution is -2.34. The van der Waals surface area contributed by atoms with Gasteiger partial charge < -0.3 is 15.0 Å². The van der Waals surface area contributed by atoms with Crippen molar-refractivity contribution in [3.8, 4) is 0 Å². The number of nitrogens with one attached hydrogen (secondary N) is 1. The van der Waals surface area contributed by atoms with E-state index in [0.29, 0.717) is 6.61 Å². The molecule has 7 heteroatoms. The van der Waals surface area contributed by atoms with Crippen LogP contribution in [-0.4, -0.2) is 53.4 Å². The van der Waals surface area contributed by atoms with Gasteiger partial charge in [0.15, 0.2) is 5.16 Å². The van der Waals surface area contributed by atoms with Crippen molar-refractivity contribution in [2.24, 2.45) is 0 Å². The molecule has 0 aromatic carbocycles. The minimum atomic E-state index is -0.0833. The maximum Gasteiger partial charge on any atom is 0.190 e. The maximum atomic E-state index is 6.14. The number of ether oxygens (including phenoxy) is 1. The highest BCUT2D eigenvalue weighted by atomic mass is 32.2. The lowest BCUT2D eigenvalue weighted by Gasteiger charge is -2.33. The van der Waals surface area contributed by atoms with Crippen LogP contribution in [0.5, 0.6) is 0 Å². The maximum absolute atomic E-state index is 6.14. The molecule has 0 bridgehead atoms. The summed E-state index contributed by atoms with van der Waals surface area (Å²) in [5, 5.41) is 5.69. The summed E-state index contributed by atoms with van der Waals surface area (Å²) in [6.07, 6.45) is 3.05. The van der Waals surface area contributed by atoms with Crippen LogP contribution in [0.15, 0.2) is 5.16 Å². The SMILES string of the molecule is CCSc1nc(NCCCN(C)C)c2c3c(sc2n1)CO[C@@](C)(CC)C3. The summed E-state index contributed by atoms with van der Waals surface area (Å²) >= 11 is 3.48. The van der Waals surface area contributed by atoms with E-state index in [1.807, 2.05) is 0 Å². The molecule has 144 valence electrons. The monoisotopic (exact) mass is 394 g/mol. The van der Waals surface area contributed by atoms with E-state index in [4.69, 9.17) is 14.7 Å². The Morgan fingerprint density at radius 1 is 1.31 bits per heavy atom. The zero-order chi connectivity index (χ0) is 18.7. The first-order valence-electron chi connectivity index (χ1n) is 9.43. The fraction of sp³-hybridized carbons (Fsp3) is 0.684. The molecule has 0 radical (unpaired) electrons. The van der Waals surface area contributed by atoms with Gasteiger partial charge >= 0.3 is 0 Å². The first-order valence-corrected chi connectivity index (χ1v) is 11.2. The van der Waals surface area contributed by atoms with Gasteiger partial charge in [0.25, 0.3) is 0 Å². The largest absolute Gasteiger partial charge is 0.369 e. The molecule has 3 heterocycles. The second-order valence-electron chi connectivity index (χ2n) is 7.32. The van der Waals surface area contributed by atoms with Crippen molar-refractivity contribution >= 4 is 39.1 Å². The Labute approximate surface area is 164 Å². The van der Waals surface area contributed by atoms with E-state index in [1.54, 1.807) is 23.1 Å². The van der Waals surface area contributed by atoms with Crippen LogP contribution in [0.1, 0.15) is 44.1 Å². The van der Waals surface area contributed by atoms with Crippen molar-refractivity contribution in [1.29, 1.82) is 0 Å². The molecule has 3 rings (SSSR count). The fourth-order valence-corrected chi connectivity index (χ4v) is 4.93. The minimum Gasteiger partial charge on any atom is -0.369 e. The van der Waals surface area contributed by atoms with Crippen molar-refractivity contribution in [2.75, 3.05) is 38.3 Å². The van der Waals surface area contributed by atoms with Crippen molar-refractivity contribution in [2.45, 2.75) is 57.4 Å². The Morgan fingerprint density at radius 2 is 2.12 bits per heavy atom. The molecule has 1 N–H and O–H groups in total. The summed E-state index contributed by atoms with van der Waals surface area (Å²) in [6, 6.07) is 0. The molecule has 0 aliphatic carbocycles. The van der Waals surface area contributed by atoms with E-state index in [2.05, 4.69) is 45.1 Å². The van der Waals surface area contributed by atoms with Crippen molar-refractivity contribution in [3.05, 3.63) is 10.4 Å². The molecule has 2 aromatic rings. The average molecular weight is 395 g/mol. The number of aromatic nitrogens is 2. The molecule has 1 aliphatic heterocycles. The third-order valence-corrected chi connectivity index (χ3v) is 6.74. The smallest absolute Gasteiger partial charge is 0.190 e. The summed E-state index contributed by atoms with van der Waals surface area (Å²) in [7, 11) is 4.22. The molecule has 1 atom stereocenters. The number of fused-ring (bicyclic) bond motifs is 3. The van der Waals surface area contributed by atoms with Gasteiger partial charge in [0.2, 0.25) is 0 Å². The lowest BCUT2D eigenvalue weighted by atomic mass is 9.90. The highest BCUT2D eigenvalue weighted by Gasteiger charge is 2.33. The third kappa shape index (κ3) is 4.32. The van der Waals surface area contributed by atoms with Crippen LogP contribution >= 0.6 is 23.1 Å². The predicted molar refractivity (Wildman–Crippen MR) is 113 cm³/mol. The Bertz CT molecular complexity index is 762. The standard InChI is InChI=1S/C19H30N4OS2/c1-6-19(3)11-13-14(12-24-19)26-17-15(13)16(20-9-8-10-23(4)5)21-18(22-17)25-7-2/h6-12H2,1-5H3,(H,20,21,22)/t19-/m0/s1. The minimum absolute atomic E-state index is 0.0833. The third-order valence-electron chi connectivity index (χ3n) is 4.91.